The van der Waals surface area contributed by atoms with E-state index >= 15 is 0 Å². The second-order valence-corrected chi connectivity index (χ2v) is 25.4. The predicted molar refractivity (Wildman–Crippen MR) is 346 cm³/mol. The maximum Gasteiger partial charge on any atom is 0.220 e. The van der Waals surface area contributed by atoms with Gasteiger partial charge in [0.2, 0.25) is 5.91 Å². The second kappa shape index (κ2) is 69.4. The number of amides is 1. The first-order chi connectivity index (χ1) is 38.2. The van der Waals surface area contributed by atoms with E-state index in [0.717, 1.165) is 25.7 Å². The van der Waals surface area contributed by atoms with Crippen molar-refractivity contribution in [2.24, 2.45) is 0 Å². The van der Waals surface area contributed by atoms with Crippen LogP contribution < -0.4 is 5.32 Å². The minimum absolute atomic E-state index is 0.0525. The highest BCUT2D eigenvalue weighted by Gasteiger charge is 2.18. The lowest BCUT2D eigenvalue weighted by atomic mass is 10.0. The zero-order chi connectivity index (χ0) is 55.5. The fourth-order valence-corrected chi connectivity index (χ4v) is 12.0. The summed E-state index contributed by atoms with van der Waals surface area (Å²) in [5, 5.41) is 23.3. The van der Waals surface area contributed by atoms with Crippen molar-refractivity contribution in [3.05, 3.63) is 12.2 Å². The van der Waals surface area contributed by atoms with Crippen LogP contribution in [-0.2, 0) is 4.79 Å². The maximum absolute atomic E-state index is 12.5. The van der Waals surface area contributed by atoms with E-state index in [1.54, 1.807) is 6.08 Å². The second-order valence-electron chi connectivity index (χ2n) is 25.4. The topological polar surface area (TPSA) is 69.6 Å². The fourth-order valence-electron chi connectivity index (χ4n) is 12.0. The van der Waals surface area contributed by atoms with E-state index in [4.69, 9.17) is 0 Å². The molecule has 0 aromatic heterocycles. The van der Waals surface area contributed by atoms with Gasteiger partial charge in [0.1, 0.15) is 0 Å². The molecule has 4 heteroatoms. The van der Waals surface area contributed by atoms with Gasteiger partial charge in [0.25, 0.3) is 0 Å². The Kier molecular flexibility index (Phi) is 68.6. The molecule has 0 aromatic carbocycles. The van der Waals surface area contributed by atoms with Gasteiger partial charge in [-0.1, -0.05) is 418 Å². The molecule has 0 heterocycles. The van der Waals surface area contributed by atoms with Crippen LogP contribution in [0.2, 0.25) is 0 Å². The van der Waals surface area contributed by atoms with Gasteiger partial charge in [-0.2, -0.15) is 0 Å². The highest BCUT2D eigenvalue weighted by atomic mass is 16.3. The number of nitrogens with one attached hydrogen (secondary N) is 1. The molecule has 4 nitrogen and oxygen atoms in total. The molecule has 0 aliphatic carbocycles. The lowest BCUT2D eigenvalue weighted by molar-refractivity contribution is -0.123. The summed E-state index contributed by atoms with van der Waals surface area (Å²) in [5.74, 6) is -0.0525. The summed E-state index contributed by atoms with van der Waals surface area (Å²) < 4.78 is 0. The zero-order valence-electron chi connectivity index (χ0n) is 53.3. The minimum Gasteiger partial charge on any atom is -0.394 e. The van der Waals surface area contributed by atoms with Gasteiger partial charge in [0.05, 0.1) is 18.8 Å². The van der Waals surface area contributed by atoms with Gasteiger partial charge in [-0.25, -0.2) is 0 Å². The molecular weight excluding hydrogens is 939 g/mol. The third kappa shape index (κ3) is 65.8. The molecule has 0 spiro atoms. The normalized spacial score (nSPS) is 12.6. The van der Waals surface area contributed by atoms with Crippen LogP contribution in [0.1, 0.15) is 431 Å². The molecule has 0 radical (unpaired) electrons. The Morgan fingerprint density at radius 1 is 0.299 bits per heavy atom. The number of allylic oxidation sites excluding steroid dienone is 1. The number of hydrogen-bond donors (Lipinski definition) is 3. The number of rotatable bonds is 69. The molecule has 0 rings (SSSR count). The van der Waals surface area contributed by atoms with Crippen LogP contribution in [0.15, 0.2) is 12.2 Å². The largest absolute Gasteiger partial charge is 0.394 e. The molecule has 1 amide bonds. The Bertz CT molecular complexity index is 1090. The van der Waals surface area contributed by atoms with Crippen molar-refractivity contribution in [3.8, 4) is 0 Å². The smallest absolute Gasteiger partial charge is 0.220 e. The average molecular weight is 1080 g/mol. The van der Waals surface area contributed by atoms with Gasteiger partial charge in [0, 0.05) is 6.42 Å². The Hall–Kier alpha value is -0.870. The lowest BCUT2D eigenvalue weighted by Crippen LogP contribution is -2.45. The van der Waals surface area contributed by atoms with E-state index in [-0.39, 0.29) is 12.5 Å². The number of aliphatic hydroxyl groups is 2. The van der Waals surface area contributed by atoms with E-state index in [0.29, 0.717) is 6.42 Å². The van der Waals surface area contributed by atoms with Gasteiger partial charge >= 0.3 is 0 Å². The number of hydrogen-bond acceptors (Lipinski definition) is 3. The first-order valence-electron chi connectivity index (χ1n) is 36.4. The SMILES string of the molecule is CCCCCCCCCCCCCCCCCCCCCCCCCCCCCC/C=C/C(O)C(CO)NC(=O)CCCCCCCCCCCCCCCCCCCCCCCCCCCCCCCCCCCCC. The van der Waals surface area contributed by atoms with Crippen molar-refractivity contribution >= 4 is 5.91 Å². The van der Waals surface area contributed by atoms with Crippen LogP contribution in [0.3, 0.4) is 0 Å². The lowest BCUT2D eigenvalue weighted by Gasteiger charge is -2.20. The van der Waals surface area contributed by atoms with Crippen LogP contribution in [0.25, 0.3) is 0 Å². The van der Waals surface area contributed by atoms with Crippen molar-refractivity contribution in [2.45, 2.75) is 443 Å². The van der Waals surface area contributed by atoms with E-state index in [9.17, 15) is 15.0 Å². The van der Waals surface area contributed by atoms with Gasteiger partial charge in [0.15, 0.2) is 0 Å². The summed E-state index contributed by atoms with van der Waals surface area (Å²) >= 11 is 0. The first-order valence-corrected chi connectivity index (χ1v) is 36.4. The van der Waals surface area contributed by atoms with Gasteiger partial charge < -0.3 is 15.5 Å². The summed E-state index contributed by atoms with van der Waals surface area (Å²) in [6.07, 6.45) is 93.3. The Morgan fingerprint density at radius 2 is 0.481 bits per heavy atom. The molecule has 0 bridgehead atoms. The number of unbranched alkanes of at least 4 members (excludes halogenated alkanes) is 62. The predicted octanol–water partition coefficient (Wildman–Crippen LogP) is 24.8. The van der Waals surface area contributed by atoms with Crippen molar-refractivity contribution in [1.82, 2.24) is 5.32 Å². The molecule has 2 unspecified atom stereocenters. The Morgan fingerprint density at radius 3 is 0.675 bits per heavy atom. The highest BCUT2D eigenvalue weighted by molar-refractivity contribution is 5.76. The van der Waals surface area contributed by atoms with Crippen LogP contribution in [0.4, 0.5) is 0 Å². The summed E-state index contributed by atoms with van der Waals surface area (Å²) in [6, 6.07) is -0.620. The fraction of sp³-hybridized carbons (Fsp3) is 0.959. The van der Waals surface area contributed by atoms with Crippen LogP contribution in [0.5, 0.6) is 0 Å². The van der Waals surface area contributed by atoms with E-state index in [1.165, 1.54) is 385 Å². The third-order valence-corrected chi connectivity index (χ3v) is 17.5. The Balaban J connectivity index is 3.38. The Labute approximate surface area is 486 Å². The molecule has 0 saturated heterocycles. The first kappa shape index (κ1) is 76.1. The van der Waals surface area contributed by atoms with E-state index < -0.39 is 12.1 Å². The summed E-state index contributed by atoms with van der Waals surface area (Å²) in [6.45, 7) is 4.37. The monoisotopic (exact) mass is 1080 g/mol. The van der Waals surface area contributed by atoms with Crippen molar-refractivity contribution in [2.75, 3.05) is 6.61 Å². The highest BCUT2D eigenvalue weighted by Crippen LogP contribution is 2.20. The molecule has 0 aromatic rings. The van der Waals surface area contributed by atoms with Crippen molar-refractivity contribution < 1.29 is 15.0 Å². The molecule has 0 aliphatic rings. The minimum atomic E-state index is -0.837. The number of carbonyl (C=O) groups excluding carboxylic acids is 1. The summed E-state index contributed by atoms with van der Waals surface area (Å²) in [4.78, 5) is 12.5. The summed E-state index contributed by atoms with van der Waals surface area (Å²) in [7, 11) is 0. The standard InChI is InChI=1S/C73H145NO3/c1-3-5-7-9-11-13-15-17-19-21-23-25-27-29-31-33-35-36-37-38-39-41-43-45-47-49-51-53-55-57-59-61-63-65-67-69-73(77)74-71(70-75)72(76)68-66-64-62-60-58-56-54-52-50-48-46-44-42-40-34-32-30-28-26-24-22-20-18-16-14-12-10-8-6-4-2/h66,68,71-72,75-76H,3-65,67,69-70H2,1-2H3,(H,74,77)/b68-66+. The molecule has 0 aliphatic heterocycles. The van der Waals surface area contributed by atoms with Crippen molar-refractivity contribution in [1.29, 1.82) is 0 Å². The molecule has 0 fully saturated rings. The van der Waals surface area contributed by atoms with Crippen LogP contribution in [0, 0.1) is 0 Å². The number of carbonyl (C=O) groups is 1. The van der Waals surface area contributed by atoms with Crippen LogP contribution in [-0.4, -0.2) is 34.9 Å². The molecule has 77 heavy (non-hydrogen) atoms. The van der Waals surface area contributed by atoms with Gasteiger partial charge in [-0.15, -0.1) is 0 Å². The maximum atomic E-state index is 12.5. The zero-order valence-corrected chi connectivity index (χ0v) is 53.3. The van der Waals surface area contributed by atoms with E-state index in [1.807, 2.05) is 6.08 Å². The summed E-state index contributed by atoms with van der Waals surface area (Å²) in [5.41, 5.74) is 0. The molecule has 460 valence electrons. The average Bonchev–Trinajstić information content (AvgIpc) is 3.43. The third-order valence-electron chi connectivity index (χ3n) is 17.5. The quantitative estimate of drug-likeness (QED) is 0.0420. The molecule has 0 saturated carbocycles. The van der Waals surface area contributed by atoms with Gasteiger partial charge in [-0.05, 0) is 19.3 Å². The molecule has 2 atom stereocenters. The number of aliphatic hydroxyl groups excluding tert-OH is 2. The molecular formula is C73H145NO3. The van der Waals surface area contributed by atoms with Crippen LogP contribution >= 0.6 is 0 Å². The van der Waals surface area contributed by atoms with Crippen molar-refractivity contribution in [3.63, 3.8) is 0 Å². The van der Waals surface area contributed by atoms with E-state index in [2.05, 4.69) is 19.2 Å². The molecule has 3 N–H and O–H groups in total. The van der Waals surface area contributed by atoms with Gasteiger partial charge in [-0.3, -0.25) is 4.79 Å².